The highest BCUT2D eigenvalue weighted by atomic mass is 16.5. The van der Waals surface area contributed by atoms with Crippen molar-refractivity contribution in [3.05, 3.63) is 29.8 Å². The van der Waals surface area contributed by atoms with Crippen LogP contribution in [-0.2, 0) is 6.42 Å². The Morgan fingerprint density at radius 1 is 1.11 bits per heavy atom. The lowest BCUT2D eigenvalue weighted by Crippen LogP contribution is -2.30. The van der Waals surface area contributed by atoms with E-state index in [4.69, 9.17) is 4.74 Å². The summed E-state index contributed by atoms with van der Waals surface area (Å²) in [6.07, 6.45) is 7.30. The highest BCUT2D eigenvalue weighted by molar-refractivity contribution is 5.27. The number of hydrogen-bond donors (Lipinski definition) is 1. The third-order valence-electron chi connectivity index (χ3n) is 3.67. The molecule has 0 aromatic heterocycles. The van der Waals surface area contributed by atoms with Crippen LogP contribution in [0.4, 0.5) is 0 Å². The predicted molar refractivity (Wildman–Crippen MR) is 73.9 cm³/mol. The second-order valence-corrected chi connectivity index (χ2v) is 5.26. The molecule has 2 unspecified atom stereocenters. The lowest BCUT2D eigenvalue weighted by atomic mass is 10.1. The van der Waals surface area contributed by atoms with Crippen molar-refractivity contribution in [3.8, 4) is 5.75 Å². The van der Waals surface area contributed by atoms with Crippen molar-refractivity contribution in [3.63, 3.8) is 0 Å². The fourth-order valence-electron chi connectivity index (χ4n) is 2.59. The third kappa shape index (κ3) is 3.74. The quantitative estimate of drug-likeness (QED) is 0.823. The number of benzene rings is 1. The van der Waals surface area contributed by atoms with E-state index >= 15 is 0 Å². The smallest absolute Gasteiger partial charge is 0.124 e. The van der Waals surface area contributed by atoms with Crippen LogP contribution in [0.15, 0.2) is 24.3 Å². The molecule has 1 fully saturated rings. The minimum atomic E-state index is -0.303. The summed E-state index contributed by atoms with van der Waals surface area (Å²) in [5.41, 5.74) is 1.35. The zero-order valence-electron chi connectivity index (χ0n) is 11.3. The molecule has 2 heteroatoms. The number of hydrogen-bond acceptors (Lipinski definition) is 2. The molecule has 2 nitrogen and oxygen atoms in total. The van der Waals surface area contributed by atoms with E-state index in [-0.39, 0.29) is 12.2 Å². The summed E-state index contributed by atoms with van der Waals surface area (Å²) in [6, 6.07) is 8.31. The van der Waals surface area contributed by atoms with Crippen molar-refractivity contribution < 1.29 is 9.84 Å². The van der Waals surface area contributed by atoms with E-state index in [9.17, 15) is 5.11 Å². The Kier molecular flexibility index (Phi) is 5.06. The summed E-state index contributed by atoms with van der Waals surface area (Å²) in [7, 11) is 0. The van der Waals surface area contributed by atoms with Crippen molar-refractivity contribution in [2.75, 3.05) is 0 Å². The van der Waals surface area contributed by atoms with E-state index < -0.39 is 0 Å². The average molecular weight is 248 g/mol. The van der Waals surface area contributed by atoms with E-state index in [1.54, 1.807) is 0 Å². The van der Waals surface area contributed by atoms with Crippen LogP contribution >= 0.6 is 0 Å². The standard InChI is InChI=1S/C16H24O2/c1-2-6-13-9-11-14(12-10-13)18-16-8-5-3-4-7-15(16)17/h9-12,15-17H,2-8H2,1H3. The summed E-state index contributed by atoms with van der Waals surface area (Å²) in [4.78, 5) is 0. The molecule has 1 aromatic carbocycles. The van der Waals surface area contributed by atoms with E-state index in [1.807, 2.05) is 12.1 Å². The molecule has 100 valence electrons. The Balaban J connectivity index is 1.94. The first-order chi connectivity index (χ1) is 8.79. The SMILES string of the molecule is CCCc1ccc(OC2CCCCCC2O)cc1. The molecular weight excluding hydrogens is 224 g/mol. The van der Waals surface area contributed by atoms with Crippen molar-refractivity contribution in [2.45, 2.75) is 64.1 Å². The maximum absolute atomic E-state index is 10.0. The molecule has 0 bridgehead atoms. The summed E-state index contributed by atoms with van der Waals surface area (Å²) in [5, 5.41) is 10.0. The van der Waals surface area contributed by atoms with Crippen molar-refractivity contribution >= 4 is 0 Å². The van der Waals surface area contributed by atoms with Gasteiger partial charge in [0.05, 0.1) is 6.10 Å². The molecular formula is C16H24O2. The van der Waals surface area contributed by atoms with Gasteiger partial charge in [-0.1, -0.05) is 38.3 Å². The number of aliphatic hydroxyl groups excluding tert-OH is 1. The van der Waals surface area contributed by atoms with E-state index in [2.05, 4.69) is 19.1 Å². The summed E-state index contributed by atoms with van der Waals surface area (Å²) < 4.78 is 5.93. The van der Waals surface area contributed by atoms with Crippen LogP contribution in [0.2, 0.25) is 0 Å². The lowest BCUT2D eigenvalue weighted by molar-refractivity contribution is 0.0320. The van der Waals surface area contributed by atoms with E-state index in [0.717, 1.165) is 37.9 Å². The number of rotatable bonds is 4. The Morgan fingerprint density at radius 2 is 1.83 bits per heavy atom. The van der Waals surface area contributed by atoms with Crippen molar-refractivity contribution in [1.82, 2.24) is 0 Å². The highest BCUT2D eigenvalue weighted by Crippen LogP contribution is 2.23. The van der Waals surface area contributed by atoms with Gasteiger partial charge in [0.25, 0.3) is 0 Å². The van der Waals surface area contributed by atoms with Crippen molar-refractivity contribution in [2.24, 2.45) is 0 Å². The van der Waals surface area contributed by atoms with Crippen LogP contribution in [-0.4, -0.2) is 17.3 Å². The molecule has 1 saturated carbocycles. The molecule has 1 N–H and O–H groups in total. The minimum Gasteiger partial charge on any atom is -0.488 e. The van der Waals surface area contributed by atoms with Crippen molar-refractivity contribution in [1.29, 1.82) is 0 Å². The molecule has 0 amide bonds. The number of ether oxygens (including phenoxy) is 1. The maximum atomic E-state index is 10.0. The van der Waals surface area contributed by atoms with Gasteiger partial charge in [-0.3, -0.25) is 0 Å². The van der Waals surface area contributed by atoms with E-state index in [1.165, 1.54) is 18.4 Å². The first-order valence-electron chi connectivity index (χ1n) is 7.23. The molecule has 0 spiro atoms. The molecule has 0 heterocycles. The van der Waals surface area contributed by atoms with Crippen LogP contribution in [0.3, 0.4) is 0 Å². The van der Waals surface area contributed by atoms with Crippen LogP contribution in [0.25, 0.3) is 0 Å². The maximum Gasteiger partial charge on any atom is 0.124 e. The van der Waals surface area contributed by atoms with Gasteiger partial charge in [-0.2, -0.15) is 0 Å². The summed E-state index contributed by atoms with van der Waals surface area (Å²) in [6.45, 7) is 2.19. The molecule has 0 radical (unpaired) electrons. The first-order valence-corrected chi connectivity index (χ1v) is 7.23. The molecule has 0 aliphatic heterocycles. The normalized spacial score (nSPS) is 24.6. The number of aryl methyl sites for hydroxylation is 1. The predicted octanol–water partition coefficient (Wildman–Crippen LogP) is 3.71. The zero-order chi connectivity index (χ0) is 12.8. The summed E-state index contributed by atoms with van der Waals surface area (Å²) >= 11 is 0. The van der Waals surface area contributed by atoms with Gasteiger partial charge in [0.15, 0.2) is 0 Å². The minimum absolute atomic E-state index is 0.0236. The van der Waals surface area contributed by atoms with Gasteiger partial charge >= 0.3 is 0 Å². The Hall–Kier alpha value is -1.02. The van der Waals surface area contributed by atoms with Gasteiger partial charge in [-0.15, -0.1) is 0 Å². The van der Waals surface area contributed by atoms with Crippen LogP contribution in [0.5, 0.6) is 5.75 Å². The third-order valence-corrected chi connectivity index (χ3v) is 3.67. The second kappa shape index (κ2) is 6.79. The molecule has 1 aliphatic carbocycles. The van der Waals surface area contributed by atoms with Crippen LogP contribution in [0, 0.1) is 0 Å². The highest BCUT2D eigenvalue weighted by Gasteiger charge is 2.23. The Morgan fingerprint density at radius 3 is 2.56 bits per heavy atom. The second-order valence-electron chi connectivity index (χ2n) is 5.26. The van der Waals surface area contributed by atoms with Crippen LogP contribution < -0.4 is 4.74 Å². The lowest BCUT2D eigenvalue weighted by Gasteiger charge is -2.22. The fourth-order valence-corrected chi connectivity index (χ4v) is 2.59. The molecule has 2 atom stereocenters. The molecule has 0 saturated heterocycles. The topological polar surface area (TPSA) is 29.5 Å². The Bertz CT molecular complexity index is 345. The average Bonchev–Trinajstić information content (AvgIpc) is 2.58. The monoisotopic (exact) mass is 248 g/mol. The Labute approximate surface area is 110 Å². The zero-order valence-corrected chi connectivity index (χ0v) is 11.3. The molecule has 1 aromatic rings. The van der Waals surface area contributed by atoms with Gasteiger partial charge in [0.2, 0.25) is 0 Å². The van der Waals surface area contributed by atoms with E-state index in [0.29, 0.717) is 0 Å². The fraction of sp³-hybridized carbons (Fsp3) is 0.625. The van der Waals surface area contributed by atoms with Crippen LogP contribution in [0.1, 0.15) is 51.0 Å². The first kappa shape index (κ1) is 13.4. The number of aliphatic hydroxyl groups is 1. The van der Waals surface area contributed by atoms with Gasteiger partial charge in [-0.25, -0.2) is 0 Å². The van der Waals surface area contributed by atoms with Gasteiger partial charge in [-0.05, 0) is 43.4 Å². The molecule has 1 aliphatic rings. The molecule has 18 heavy (non-hydrogen) atoms. The van der Waals surface area contributed by atoms with Gasteiger partial charge in [0.1, 0.15) is 11.9 Å². The van der Waals surface area contributed by atoms with Gasteiger partial charge < -0.3 is 9.84 Å². The molecule has 2 rings (SSSR count). The summed E-state index contributed by atoms with van der Waals surface area (Å²) in [5.74, 6) is 0.890. The largest absolute Gasteiger partial charge is 0.488 e. The van der Waals surface area contributed by atoms with Gasteiger partial charge in [0, 0.05) is 0 Å².